The minimum atomic E-state index is 0.0459. The van der Waals surface area contributed by atoms with Gasteiger partial charge in [0.1, 0.15) is 5.75 Å². The molecule has 116 valence electrons. The van der Waals surface area contributed by atoms with Crippen LogP contribution < -0.4 is 10.5 Å². The fourth-order valence-electron chi connectivity index (χ4n) is 3.19. The molecule has 1 aliphatic heterocycles. The second-order valence-electron chi connectivity index (χ2n) is 5.99. The first-order valence-electron chi connectivity index (χ1n) is 7.73. The predicted octanol–water partition coefficient (Wildman–Crippen LogP) is 2.33. The molecule has 1 heterocycles. The number of amides is 1. The van der Waals surface area contributed by atoms with Crippen molar-refractivity contribution < 1.29 is 9.53 Å². The standard InChI is InChI=1S/C17H26N2O2/c1-12-8-13(2)17(14(3)9-12)21-11-16(20)19-7-5-4-6-15(19)10-18/h8-9,15H,4-7,10-11,18H2,1-3H3. The number of hydrogen-bond donors (Lipinski definition) is 1. The van der Waals surface area contributed by atoms with Crippen LogP contribution in [-0.4, -0.2) is 36.5 Å². The van der Waals surface area contributed by atoms with E-state index < -0.39 is 0 Å². The zero-order valence-electron chi connectivity index (χ0n) is 13.3. The molecule has 1 amide bonds. The molecule has 1 aromatic carbocycles. The van der Waals surface area contributed by atoms with Gasteiger partial charge in [0.25, 0.3) is 5.91 Å². The first kappa shape index (κ1) is 15.8. The number of benzene rings is 1. The molecule has 0 bridgehead atoms. The summed E-state index contributed by atoms with van der Waals surface area (Å²) < 4.78 is 5.80. The highest BCUT2D eigenvalue weighted by Crippen LogP contribution is 2.25. The van der Waals surface area contributed by atoms with Crippen LogP contribution in [0.1, 0.15) is 36.0 Å². The number of ether oxygens (including phenoxy) is 1. The van der Waals surface area contributed by atoms with Gasteiger partial charge in [0.2, 0.25) is 0 Å². The lowest BCUT2D eigenvalue weighted by Crippen LogP contribution is -2.49. The third-order valence-electron chi connectivity index (χ3n) is 4.16. The van der Waals surface area contributed by atoms with E-state index in [1.807, 2.05) is 18.7 Å². The average molecular weight is 290 g/mol. The van der Waals surface area contributed by atoms with Gasteiger partial charge in [-0.15, -0.1) is 0 Å². The van der Waals surface area contributed by atoms with Gasteiger partial charge in [-0.2, -0.15) is 0 Å². The average Bonchev–Trinajstić information content (AvgIpc) is 2.45. The van der Waals surface area contributed by atoms with Crippen molar-refractivity contribution in [2.45, 2.75) is 46.1 Å². The van der Waals surface area contributed by atoms with Crippen LogP contribution in [0.5, 0.6) is 5.75 Å². The molecule has 4 nitrogen and oxygen atoms in total. The Morgan fingerprint density at radius 1 is 1.29 bits per heavy atom. The van der Waals surface area contributed by atoms with Crippen molar-refractivity contribution in [2.75, 3.05) is 19.7 Å². The normalized spacial score (nSPS) is 18.7. The Labute approximate surface area is 127 Å². The number of aryl methyl sites for hydroxylation is 3. The molecular formula is C17H26N2O2. The summed E-state index contributed by atoms with van der Waals surface area (Å²) in [5.41, 5.74) is 9.14. The highest BCUT2D eigenvalue weighted by Gasteiger charge is 2.25. The van der Waals surface area contributed by atoms with Crippen LogP contribution in [0.3, 0.4) is 0 Å². The summed E-state index contributed by atoms with van der Waals surface area (Å²) in [6, 6.07) is 4.34. The number of likely N-dealkylation sites (tertiary alicyclic amines) is 1. The molecule has 2 N–H and O–H groups in total. The van der Waals surface area contributed by atoms with E-state index in [4.69, 9.17) is 10.5 Å². The molecule has 2 rings (SSSR count). The van der Waals surface area contributed by atoms with Crippen molar-refractivity contribution in [3.05, 3.63) is 28.8 Å². The first-order valence-corrected chi connectivity index (χ1v) is 7.73. The summed E-state index contributed by atoms with van der Waals surface area (Å²) in [5, 5.41) is 0. The minimum Gasteiger partial charge on any atom is -0.483 e. The van der Waals surface area contributed by atoms with E-state index in [1.165, 1.54) is 5.56 Å². The molecule has 1 unspecified atom stereocenters. The van der Waals surface area contributed by atoms with Gasteiger partial charge < -0.3 is 15.4 Å². The Bertz CT molecular complexity index is 491. The summed E-state index contributed by atoms with van der Waals surface area (Å²) in [6.07, 6.45) is 3.22. The number of hydrogen-bond acceptors (Lipinski definition) is 3. The van der Waals surface area contributed by atoms with Gasteiger partial charge in [0.05, 0.1) is 0 Å². The second kappa shape index (κ2) is 6.94. The fraction of sp³-hybridized carbons (Fsp3) is 0.588. The lowest BCUT2D eigenvalue weighted by atomic mass is 10.0. The monoisotopic (exact) mass is 290 g/mol. The number of carbonyl (C=O) groups excluding carboxylic acids is 1. The van der Waals surface area contributed by atoms with Crippen molar-refractivity contribution in [1.29, 1.82) is 0 Å². The molecule has 1 aliphatic rings. The van der Waals surface area contributed by atoms with Crippen LogP contribution in [0.15, 0.2) is 12.1 Å². The SMILES string of the molecule is Cc1cc(C)c(OCC(=O)N2CCCCC2CN)c(C)c1. The quantitative estimate of drug-likeness (QED) is 0.926. The van der Waals surface area contributed by atoms with Gasteiger partial charge in [-0.1, -0.05) is 17.7 Å². The molecule has 1 saturated heterocycles. The smallest absolute Gasteiger partial charge is 0.260 e. The van der Waals surface area contributed by atoms with Gasteiger partial charge in [-0.05, 0) is 51.2 Å². The highest BCUT2D eigenvalue weighted by atomic mass is 16.5. The van der Waals surface area contributed by atoms with Gasteiger partial charge in [-0.3, -0.25) is 4.79 Å². The lowest BCUT2D eigenvalue weighted by molar-refractivity contribution is -0.136. The van der Waals surface area contributed by atoms with Gasteiger partial charge in [-0.25, -0.2) is 0 Å². The van der Waals surface area contributed by atoms with E-state index >= 15 is 0 Å². The number of rotatable bonds is 4. The molecule has 21 heavy (non-hydrogen) atoms. The molecule has 4 heteroatoms. The van der Waals surface area contributed by atoms with Gasteiger partial charge in [0.15, 0.2) is 6.61 Å². The molecule has 1 atom stereocenters. The maximum Gasteiger partial charge on any atom is 0.260 e. The van der Waals surface area contributed by atoms with Crippen molar-refractivity contribution in [3.8, 4) is 5.75 Å². The fourth-order valence-corrected chi connectivity index (χ4v) is 3.19. The van der Waals surface area contributed by atoms with Crippen LogP contribution in [-0.2, 0) is 4.79 Å². The first-order chi connectivity index (χ1) is 10.0. The number of piperidine rings is 1. The Hall–Kier alpha value is -1.55. The van der Waals surface area contributed by atoms with Crippen LogP contribution in [0, 0.1) is 20.8 Å². The van der Waals surface area contributed by atoms with Gasteiger partial charge >= 0.3 is 0 Å². The van der Waals surface area contributed by atoms with Crippen LogP contribution in [0.25, 0.3) is 0 Å². The number of nitrogens with two attached hydrogens (primary N) is 1. The zero-order valence-corrected chi connectivity index (χ0v) is 13.3. The van der Waals surface area contributed by atoms with E-state index in [2.05, 4.69) is 19.1 Å². The van der Waals surface area contributed by atoms with E-state index in [0.717, 1.165) is 42.7 Å². The topological polar surface area (TPSA) is 55.6 Å². The largest absolute Gasteiger partial charge is 0.483 e. The van der Waals surface area contributed by atoms with Gasteiger partial charge in [0, 0.05) is 19.1 Å². The number of nitrogens with zero attached hydrogens (tertiary/aromatic N) is 1. The van der Waals surface area contributed by atoms with E-state index in [9.17, 15) is 4.79 Å². The summed E-state index contributed by atoms with van der Waals surface area (Å²) >= 11 is 0. The van der Waals surface area contributed by atoms with E-state index in [-0.39, 0.29) is 18.6 Å². The second-order valence-corrected chi connectivity index (χ2v) is 5.99. The molecular weight excluding hydrogens is 264 g/mol. The van der Waals surface area contributed by atoms with Crippen molar-refractivity contribution in [3.63, 3.8) is 0 Å². The maximum absolute atomic E-state index is 12.4. The minimum absolute atomic E-state index is 0.0459. The van der Waals surface area contributed by atoms with E-state index in [0.29, 0.717) is 6.54 Å². The van der Waals surface area contributed by atoms with E-state index in [1.54, 1.807) is 0 Å². The molecule has 1 fully saturated rings. The third kappa shape index (κ3) is 3.76. The molecule has 0 saturated carbocycles. The third-order valence-corrected chi connectivity index (χ3v) is 4.16. The summed E-state index contributed by atoms with van der Waals surface area (Å²) in [5.74, 6) is 0.875. The Kier molecular flexibility index (Phi) is 5.23. The molecule has 0 spiro atoms. The lowest BCUT2D eigenvalue weighted by Gasteiger charge is -2.35. The van der Waals surface area contributed by atoms with Crippen molar-refractivity contribution in [1.82, 2.24) is 4.90 Å². The van der Waals surface area contributed by atoms with Crippen molar-refractivity contribution in [2.24, 2.45) is 5.73 Å². The summed E-state index contributed by atoms with van der Waals surface area (Å²) in [4.78, 5) is 14.3. The summed E-state index contributed by atoms with van der Waals surface area (Å²) in [6.45, 7) is 7.53. The van der Waals surface area contributed by atoms with Crippen LogP contribution >= 0.6 is 0 Å². The van der Waals surface area contributed by atoms with Crippen molar-refractivity contribution >= 4 is 5.91 Å². The molecule has 1 aromatic rings. The number of carbonyl (C=O) groups is 1. The molecule has 0 aromatic heterocycles. The Morgan fingerprint density at radius 2 is 1.95 bits per heavy atom. The molecule has 0 radical (unpaired) electrons. The highest BCUT2D eigenvalue weighted by molar-refractivity contribution is 5.78. The maximum atomic E-state index is 12.4. The Morgan fingerprint density at radius 3 is 2.57 bits per heavy atom. The summed E-state index contributed by atoms with van der Waals surface area (Å²) in [7, 11) is 0. The van der Waals surface area contributed by atoms with Crippen LogP contribution in [0.4, 0.5) is 0 Å². The Balaban J connectivity index is 2.01. The molecule has 0 aliphatic carbocycles. The zero-order chi connectivity index (χ0) is 15.4. The predicted molar refractivity (Wildman–Crippen MR) is 84.6 cm³/mol. The van der Waals surface area contributed by atoms with Crippen LogP contribution in [0.2, 0.25) is 0 Å².